The molecule has 2 aliphatic heterocycles. The maximum atomic E-state index is 14.6. The zero-order valence-electron chi connectivity index (χ0n) is 15.9. The van der Waals surface area contributed by atoms with Crippen molar-refractivity contribution in [2.75, 3.05) is 5.73 Å². The van der Waals surface area contributed by atoms with Crippen LogP contribution in [0.1, 0.15) is 44.7 Å². The van der Waals surface area contributed by atoms with Gasteiger partial charge >= 0.3 is 0 Å². The second kappa shape index (κ2) is 7.58. The van der Waals surface area contributed by atoms with Gasteiger partial charge in [-0.3, -0.25) is 24.5 Å². The maximum Gasteiger partial charge on any atom is 0.255 e. The molecule has 2 aliphatic rings. The number of hydrogen-bond donors (Lipinski definition) is 3. The number of nitrogens with two attached hydrogens (primary N) is 1. The van der Waals surface area contributed by atoms with Crippen molar-refractivity contribution >= 4 is 29.3 Å². The molecule has 1 atom stereocenters. The average Bonchev–Trinajstić information content (AvgIpc) is 3.02. The van der Waals surface area contributed by atoms with Gasteiger partial charge in [-0.1, -0.05) is 0 Å². The van der Waals surface area contributed by atoms with Gasteiger partial charge in [0.15, 0.2) is 0 Å². The number of nitrogen functional groups attached to an aromatic ring is 1. The number of anilines is 1. The highest BCUT2D eigenvalue weighted by Gasteiger charge is 2.39. The summed E-state index contributed by atoms with van der Waals surface area (Å²) < 4.78 is 14.6. The van der Waals surface area contributed by atoms with Crippen LogP contribution in [0.3, 0.4) is 0 Å². The molecule has 0 radical (unpaired) electrons. The minimum atomic E-state index is -0.765. The van der Waals surface area contributed by atoms with E-state index in [1.54, 1.807) is 24.3 Å². The smallest absolute Gasteiger partial charge is 0.255 e. The van der Waals surface area contributed by atoms with Crippen molar-refractivity contribution < 1.29 is 23.6 Å². The first-order valence-corrected chi connectivity index (χ1v) is 9.43. The largest absolute Gasteiger partial charge is 0.399 e. The molecule has 2 aromatic rings. The zero-order valence-corrected chi connectivity index (χ0v) is 15.9. The normalized spacial score (nSPS) is 18.2. The molecule has 4 amide bonds. The number of nitrogens with zero attached hydrogens (tertiary/aromatic N) is 1. The molecule has 1 fully saturated rings. The number of nitrogens with one attached hydrogen (secondary N) is 2. The van der Waals surface area contributed by atoms with Gasteiger partial charge < -0.3 is 16.0 Å². The number of piperidine rings is 1. The maximum absolute atomic E-state index is 14.6. The number of amides is 4. The highest BCUT2D eigenvalue weighted by atomic mass is 19.1. The van der Waals surface area contributed by atoms with E-state index in [0.29, 0.717) is 16.8 Å². The minimum absolute atomic E-state index is 0.0606. The van der Waals surface area contributed by atoms with Crippen molar-refractivity contribution in [3.8, 4) is 0 Å². The molecule has 1 saturated heterocycles. The summed E-state index contributed by atoms with van der Waals surface area (Å²) in [7, 11) is 0. The van der Waals surface area contributed by atoms with Gasteiger partial charge in [-0.15, -0.1) is 0 Å². The van der Waals surface area contributed by atoms with Crippen LogP contribution in [0, 0.1) is 5.82 Å². The molecule has 0 aliphatic carbocycles. The molecule has 0 bridgehead atoms. The third kappa shape index (κ3) is 3.61. The van der Waals surface area contributed by atoms with Crippen molar-refractivity contribution in [2.24, 2.45) is 0 Å². The lowest BCUT2D eigenvalue weighted by Crippen LogP contribution is -2.52. The number of halogens is 1. The molecule has 0 spiro atoms. The van der Waals surface area contributed by atoms with Crippen LogP contribution in [-0.4, -0.2) is 34.6 Å². The number of benzene rings is 2. The van der Waals surface area contributed by atoms with E-state index in [0.717, 1.165) is 6.07 Å². The highest BCUT2D eigenvalue weighted by molar-refractivity contribution is 6.05. The Balaban J connectivity index is 1.48. The molecule has 4 rings (SSSR count). The Labute approximate surface area is 171 Å². The summed E-state index contributed by atoms with van der Waals surface area (Å²) in [6.45, 7) is 0.0779. The Morgan fingerprint density at radius 3 is 2.63 bits per heavy atom. The molecule has 1 unspecified atom stereocenters. The first-order valence-electron chi connectivity index (χ1n) is 9.43. The van der Waals surface area contributed by atoms with Crippen LogP contribution in [0.2, 0.25) is 0 Å². The monoisotopic (exact) mass is 410 g/mol. The molecule has 0 saturated carbocycles. The number of hydrogen-bond acceptors (Lipinski definition) is 5. The molecule has 154 valence electrons. The summed E-state index contributed by atoms with van der Waals surface area (Å²) in [5.41, 5.74) is 7.51. The van der Waals surface area contributed by atoms with E-state index < -0.39 is 23.7 Å². The number of carbonyl (C=O) groups is 4. The molecule has 4 N–H and O–H groups in total. The molecular formula is C21H19FN4O4. The average molecular weight is 410 g/mol. The number of imide groups is 1. The Bertz CT molecular complexity index is 1070. The van der Waals surface area contributed by atoms with E-state index in [1.165, 1.54) is 11.0 Å². The summed E-state index contributed by atoms with van der Waals surface area (Å²) >= 11 is 0. The predicted molar refractivity (Wildman–Crippen MR) is 104 cm³/mol. The van der Waals surface area contributed by atoms with Crippen LogP contribution in [-0.2, 0) is 22.7 Å². The third-order valence-electron chi connectivity index (χ3n) is 5.30. The molecule has 0 aromatic heterocycles. The quantitative estimate of drug-likeness (QED) is 0.515. The Hall–Kier alpha value is -3.75. The van der Waals surface area contributed by atoms with Crippen molar-refractivity contribution in [3.63, 3.8) is 0 Å². The molecule has 2 aromatic carbocycles. The van der Waals surface area contributed by atoms with Gasteiger partial charge in [0.2, 0.25) is 11.8 Å². The van der Waals surface area contributed by atoms with Crippen molar-refractivity contribution in [3.05, 3.63) is 64.5 Å². The van der Waals surface area contributed by atoms with E-state index in [-0.39, 0.29) is 48.9 Å². The van der Waals surface area contributed by atoms with Crippen LogP contribution in [0.25, 0.3) is 0 Å². The first-order chi connectivity index (χ1) is 14.3. The van der Waals surface area contributed by atoms with E-state index in [1.807, 2.05) is 0 Å². The Morgan fingerprint density at radius 2 is 1.93 bits per heavy atom. The molecule has 2 heterocycles. The molecule has 8 nitrogen and oxygen atoms in total. The van der Waals surface area contributed by atoms with E-state index >= 15 is 0 Å². The number of rotatable bonds is 4. The fourth-order valence-corrected chi connectivity index (χ4v) is 3.69. The van der Waals surface area contributed by atoms with Gasteiger partial charge in [0.05, 0.1) is 0 Å². The zero-order chi connectivity index (χ0) is 21.4. The van der Waals surface area contributed by atoms with E-state index in [4.69, 9.17) is 5.73 Å². The third-order valence-corrected chi connectivity index (χ3v) is 5.30. The second-order valence-corrected chi connectivity index (χ2v) is 7.31. The lowest BCUT2D eigenvalue weighted by molar-refractivity contribution is -0.136. The summed E-state index contributed by atoms with van der Waals surface area (Å²) in [6.07, 6.45) is 0.380. The van der Waals surface area contributed by atoms with Crippen LogP contribution in [0.4, 0.5) is 10.1 Å². The van der Waals surface area contributed by atoms with Gasteiger partial charge in [0, 0.05) is 41.9 Å². The van der Waals surface area contributed by atoms with E-state index in [2.05, 4.69) is 10.6 Å². The van der Waals surface area contributed by atoms with Gasteiger partial charge in [-0.05, 0) is 48.4 Å². The second-order valence-electron chi connectivity index (χ2n) is 7.31. The van der Waals surface area contributed by atoms with Crippen molar-refractivity contribution in [1.29, 1.82) is 0 Å². The topological polar surface area (TPSA) is 122 Å². The molecular weight excluding hydrogens is 391 g/mol. The van der Waals surface area contributed by atoms with Gasteiger partial charge in [0.1, 0.15) is 11.9 Å². The summed E-state index contributed by atoms with van der Waals surface area (Å²) in [5, 5.41) is 4.87. The SMILES string of the molecule is Nc1ccc(C(=O)NCc2cc3c(cc2F)C(=O)N(C2CCC(=O)NC2=O)C3)cc1. The lowest BCUT2D eigenvalue weighted by atomic mass is 10.0. The van der Waals surface area contributed by atoms with Crippen molar-refractivity contribution in [1.82, 2.24) is 15.5 Å². The highest BCUT2D eigenvalue weighted by Crippen LogP contribution is 2.29. The lowest BCUT2D eigenvalue weighted by Gasteiger charge is -2.29. The van der Waals surface area contributed by atoms with Crippen LogP contribution in [0.15, 0.2) is 36.4 Å². The van der Waals surface area contributed by atoms with Gasteiger partial charge in [0.25, 0.3) is 11.8 Å². The number of fused-ring (bicyclic) bond motifs is 1. The molecule has 9 heteroatoms. The summed E-state index contributed by atoms with van der Waals surface area (Å²) in [4.78, 5) is 49.7. The van der Waals surface area contributed by atoms with Crippen LogP contribution in [0.5, 0.6) is 0 Å². The predicted octanol–water partition coefficient (Wildman–Crippen LogP) is 1.10. The number of carbonyl (C=O) groups excluding carboxylic acids is 4. The minimum Gasteiger partial charge on any atom is -0.399 e. The fraction of sp³-hybridized carbons (Fsp3) is 0.238. The Kier molecular flexibility index (Phi) is 4.94. The Morgan fingerprint density at radius 1 is 1.20 bits per heavy atom. The van der Waals surface area contributed by atoms with Crippen molar-refractivity contribution in [2.45, 2.75) is 32.0 Å². The summed E-state index contributed by atoms with van der Waals surface area (Å²) in [6, 6.07) is 8.23. The standard InChI is InChI=1S/C21H19FN4O4/c22-16-8-15-13(10-26(21(15)30)17-5-6-18(27)25-20(17)29)7-12(16)9-24-19(28)11-1-3-14(23)4-2-11/h1-4,7-8,17H,5-6,9-10,23H2,(H,24,28)(H,25,27,29). The molecule has 30 heavy (non-hydrogen) atoms. The summed E-state index contributed by atoms with van der Waals surface area (Å²) in [5.74, 6) is -2.34. The fourth-order valence-electron chi connectivity index (χ4n) is 3.69. The van der Waals surface area contributed by atoms with Gasteiger partial charge in [-0.25, -0.2) is 4.39 Å². The van der Waals surface area contributed by atoms with Gasteiger partial charge in [-0.2, -0.15) is 0 Å². The van der Waals surface area contributed by atoms with Crippen LogP contribution < -0.4 is 16.4 Å². The van der Waals surface area contributed by atoms with E-state index in [9.17, 15) is 23.6 Å². The van der Waals surface area contributed by atoms with Crippen LogP contribution >= 0.6 is 0 Å². The first kappa shape index (κ1) is 19.6.